The third-order valence-electron chi connectivity index (χ3n) is 2.08. The number of benzene rings is 1. The van der Waals surface area contributed by atoms with Crippen LogP contribution < -0.4 is 4.74 Å². The van der Waals surface area contributed by atoms with Crippen molar-refractivity contribution in [3.8, 4) is 5.75 Å². The van der Waals surface area contributed by atoms with E-state index >= 15 is 0 Å². The standard InChI is InChI=1S/C11H16O3S2/c1-3-4-9-15-16(12,13)11-7-5-10(14-2)6-8-11/h5-8H,3-4,9H2,1-2H3. The molecule has 1 aromatic carbocycles. The van der Waals surface area contributed by atoms with Crippen LogP contribution in [0.1, 0.15) is 19.8 Å². The maximum absolute atomic E-state index is 11.8. The van der Waals surface area contributed by atoms with E-state index in [-0.39, 0.29) is 0 Å². The van der Waals surface area contributed by atoms with E-state index in [0.717, 1.165) is 23.6 Å². The smallest absolute Gasteiger partial charge is 0.229 e. The summed E-state index contributed by atoms with van der Waals surface area (Å²) >= 11 is 0. The molecule has 90 valence electrons. The van der Waals surface area contributed by atoms with Crippen molar-refractivity contribution in [3.05, 3.63) is 24.3 Å². The minimum atomic E-state index is -3.20. The van der Waals surface area contributed by atoms with Gasteiger partial charge in [0.05, 0.1) is 12.0 Å². The van der Waals surface area contributed by atoms with Crippen molar-refractivity contribution in [1.29, 1.82) is 0 Å². The minimum Gasteiger partial charge on any atom is -0.497 e. The van der Waals surface area contributed by atoms with Gasteiger partial charge in [-0.25, -0.2) is 8.42 Å². The molecule has 0 bridgehead atoms. The summed E-state index contributed by atoms with van der Waals surface area (Å²) in [5, 5.41) is 0. The lowest BCUT2D eigenvalue weighted by Crippen LogP contribution is -1.96. The number of ether oxygens (including phenoxy) is 1. The fraction of sp³-hybridized carbons (Fsp3) is 0.455. The summed E-state index contributed by atoms with van der Waals surface area (Å²) in [5.74, 6) is 1.31. The van der Waals surface area contributed by atoms with Gasteiger partial charge in [-0.2, -0.15) is 0 Å². The third-order valence-corrected chi connectivity index (χ3v) is 5.71. The van der Waals surface area contributed by atoms with Gasteiger partial charge in [-0.1, -0.05) is 13.3 Å². The summed E-state index contributed by atoms with van der Waals surface area (Å²) in [5.41, 5.74) is 0. The number of rotatable bonds is 6. The first kappa shape index (κ1) is 13.4. The molecule has 0 radical (unpaired) electrons. The molecule has 0 aliphatic carbocycles. The molecule has 0 saturated carbocycles. The van der Waals surface area contributed by atoms with Crippen molar-refractivity contribution in [2.75, 3.05) is 12.9 Å². The highest BCUT2D eigenvalue weighted by molar-refractivity contribution is 8.72. The zero-order valence-electron chi connectivity index (χ0n) is 9.47. The summed E-state index contributed by atoms with van der Waals surface area (Å²) < 4.78 is 28.6. The van der Waals surface area contributed by atoms with E-state index in [1.54, 1.807) is 31.4 Å². The van der Waals surface area contributed by atoms with E-state index in [4.69, 9.17) is 4.74 Å². The van der Waals surface area contributed by atoms with Crippen molar-refractivity contribution < 1.29 is 13.2 Å². The van der Waals surface area contributed by atoms with E-state index in [9.17, 15) is 8.42 Å². The number of methoxy groups -OCH3 is 1. The summed E-state index contributed by atoms with van der Waals surface area (Å²) in [6.45, 7) is 2.04. The Morgan fingerprint density at radius 1 is 1.25 bits per heavy atom. The lowest BCUT2D eigenvalue weighted by Gasteiger charge is -2.04. The summed E-state index contributed by atoms with van der Waals surface area (Å²) in [7, 11) is -0.640. The Hall–Kier alpha value is -0.680. The second-order valence-electron chi connectivity index (χ2n) is 3.31. The van der Waals surface area contributed by atoms with Crippen molar-refractivity contribution in [2.45, 2.75) is 24.7 Å². The zero-order chi connectivity index (χ0) is 12.0. The van der Waals surface area contributed by atoms with Crippen LogP contribution in [0, 0.1) is 0 Å². The van der Waals surface area contributed by atoms with E-state index in [1.165, 1.54) is 0 Å². The molecule has 0 N–H and O–H groups in total. The average Bonchev–Trinajstić information content (AvgIpc) is 2.29. The van der Waals surface area contributed by atoms with Crippen LogP contribution in [0.25, 0.3) is 0 Å². The average molecular weight is 260 g/mol. The van der Waals surface area contributed by atoms with Gasteiger partial charge in [0.1, 0.15) is 5.75 Å². The lowest BCUT2D eigenvalue weighted by atomic mass is 10.3. The molecular weight excluding hydrogens is 244 g/mol. The molecule has 0 fully saturated rings. The first-order chi connectivity index (χ1) is 7.60. The molecule has 1 rings (SSSR count). The fourth-order valence-electron chi connectivity index (χ4n) is 1.12. The van der Waals surface area contributed by atoms with Gasteiger partial charge in [0.25, 0.3) is 0 Å². The molecular formula is C11H16O3S2. The molecule has 5 heteroatoms. The van der Waals surface area contributed by atoms with Crippen molar-refractivity contribution in [3.63, 3.8) is 0 Å². The molecule has 3 nitrogen and oxygen atoms in total. The molecule has 0 amide bonds. The number of hydrogen-bond donors (Lipinski definition) is 0. The summed E-state index contributed by atoms with van der Waals surface area (Å²) in [6.07, 6.45) is 1.92. The highest BCUT2D eigenvalue weighted by Gasteiger charge is 2.14. The Morgan fingerprint density at radius 2 is 1.88 bits per heavy atom. The van der Waals surface area contributed by atoms with Crippen LogP contribution in [0.2, 0.25) is 0 Å². The van der Waals surface area contributed by atoms with Gasteiger partial charge in [0, 0.05) is 5.75 Å². The van der Waals surface area contributed by atoms with Crippen LogP contribution in [0.3, 0.4) is 0 Å². The van der Waals surface area contributed by atoms with E-state index in [2.05, 4.69) is 0 Å². The summed E-state index contributed by atoms with van der Waals surface area (Å²) in [4.78, 5) is 0.342. The number of unbranched alkanes of at least 4 members (excludes halogenated alkanes) is 1. The Balaban J connectivity index is 2.74. The summed E-state index contributed by atoms with van der Waals surface area (Å²) in [6, 6.07) is 6.47. The second-order valence-corrected chi connectivity index (χ2v) is 7.35. The SMILES string of the molecule is CCCCSS(=O)(=O)c1ccc(OC)cc1. The fourth-order valence-corrected chi connectivity index (χ4v) is 4.11. The largest absolute Gasteiger partial charge is 0.497 e. The Morgan fingerprint density at radius 3 is 2.38 bits per heavy atom. The van der Waals surface area contributed by atoms with E-state index in [0.29, 0.717) is 16.4 Å². The first-order valence-corrected chi connectivity index (χ1v) is 8.12. The minimum absolute atomic E-state index is 0.342. The molecule has 0 aliphatic rings. The molecule has 0 atom stereocenters. The van der Waals surface area contributed by atoms with Gasteiger partial charge in [0.2, 0.25) is 8.87 Å². The van der Waals surface area contributed by atoms with E-state index < -0.39 is 8.87 Å². The van der Waals surface area contributed by atoms with Gasteiger partial charge in [0.15, 0.2) is 0 Å². The predicted octanol–water partition coefficient (Wildman–Crippen LogP) is 2.92. The first-order valence-electron chi connectivity index (χ1n) is 5.13. The molecule has 0 spiro atoms. The zero-order valence-corrected chi connectivity index (χ0v) is 11.1. The molecule has 0 aromatic heterocycles. The van der Waals surface area contributed by atoms with Gasteiger partial charge in [-0.15, -0.1) is 0 Å². The Bertz CT molecular complexity index is 409. The highest BCUT2D eigenvalue weighted by atomic mass is 33.1. The van der Waals surface area contributed by atoms with Crippen LogP contribution in [0.15, 0.2) is 29.2 Å². The van der Waals surface area contributed by atoms with Crippen molar-refractivity contribution >= 4 is 19.7 Å². The molecule has 1 aromatic rings. The Labute approximate surface area is 101 Å². The van der Waals surface area contributed by atoms with Crippen LogP contribution in [-0.2, 0) is 8.87 Å². The highest BCUT2D eigenvalue weighted by Crippen LogP contribution is 2.25. The quantitative estimate of drug-likeness (QED) is 0.582. The predicted molar refractivity (Wildman–Crippen MR) is 67.5 cm³/mol. The van der Waals surface area contributed by atoms with Gasteiger partial charge in [-0.05, 0) is 41.5 Å². The van der Waals surface area contributed by atoms with Crippen LogP contribution >= 0.6 is 10.8 Å². The molecule has 0 heterocycles. The monoisotopic (exact) mass is 260 g/mol. The molecule has 16 heavy (non-hydrogen) atoms. The topological polar surface area (TPSA) is 43.4 Å². The second kappa shape index (κ2) is 6.15. The molecule has 0 aliphatic heterocycles. The molecule has 0 saturated heterocycles. The normalized spacial score (nSPS) is 11.4. The molecule has 0 unspecified atom stereocenters. The van der Waals surface area contributed by atoms with E-state index in [1.807, 2.05) is 6.92 Å². The van der Waals surface area contributed by atoms with Gasteiger partial charge >= 0.3 is 0 Å². The van der Waals surface area contributed by atoms with Gasteiger partial charge < -0.3 is 4.74 Å². The van der Waals surface area contributed by atoms with Crippen molar-refractivity contribution in [1.82, 2.24) is 0 Å². The Kier molecular flexibility index (Phi) is 5.15. The van der Waals surface area contributed by atoms with Gasteiger partial charge in [-0.3, -0.25) is 0 Å². The van der Waals surface area contributed by atoms with Crippen LogP contribution in [0.4, 0.5) is 0 Å². The lowest BCUT2D eigenvalue weighted by molar-refractivity contribution is 0.414. The van der Waals surface area contributed by atoms with Crippen molar-refractivity contribution in [2.24, 2.45) is 0 Å². The van der Waals surface area contributed by atoms with Crippen LogP contribution in [0.5, 0.6) is 5.75 Å². The maximum atomic E-state index is 11.8. The number of hydrogen-bond acceptors (Lipinski definition) is 4. The maximum Gasteiger partial charge on any atom is 0.229 e. The van der Waals surface area contributed by atoms with Crippen LogP contribution in [-0.4, -0.2) is 21.3 Å². The third kappa shape index (κ3) is 3.72.